The van der Waals surface area contributed by atoms with Gasteiger partial charge in [-0.2, -0.15) is 10.2 Å². The third-order valence-corrected chi connectivity index (χ3v) is 9.54. The fourth-order valence-electron chi connectivity index (χ4n) is 5.45. The van der Waals surface area contributed by atoms with Crippen molar-refractivity contribution in [1.29, 1.82) is 0 Å². The number of nitrogens with two attached hydrogens (primary N) is 1. The predicted octanol–water partition coefficient (Wildman–Crippen LogP) is 5.69. The highest BCUT2D eigenvalue weighted by atomic mass is 28.3. The molecule has 4 aromatic rings. The SMILES string of the molecule is COCCCOc1c([C@H](C)c2ncc(F)cn2)c(N)nc2c(-c3cc(C)nn3C3CCCCO3)nn(COCC[Si](C)(C)C)c12. The maximum Gasteiger partial charge on any atom is 0.159 e. The molecule has 1 unspecified atom stereocenters. The zero-order valence-electron chi connectivity index (χ0n) is 27.2. The molecule has 0 aliphatic carbocycles. The fourth-order valence-corrected chi connectivity index (χ4v) is 6.21. The average Bonchev–Trinajstić information content (AvgIpc) is 3.57. The number of fused-ring (bicyclic) bond motifs is 1. The van der Waals surface area contributed by atoms with E-state index in [2.05, 4.69) is 29.6 Å². The van der Waals surface area contributed by atoms with Gasteiger partial charge in [0.25, 0.3) is 0 Å². The highest BCUT2D eigenvalue weighted by Crippen LogP contribution is 2.43. The van der Waals surface area contributed by atoms with E-state index < -0.39 is 19.8 Å². The second-order valence-corrected chi connectivity index (χ2v) is 18.4. The number of aromatic nitrogens is 7. The molecule has 0 aromatic carbocycles. The topological polar surface area (TPSA) is 137 Å². The van der Waals surface area contributed by atoms with Gasteiger partial charge in [-0.1, -0.05) is 26.6 Å². The summed E-state index contributed by atoms with van der Waals surface area (Å²) in [5.74, 6) is 0.186. The van der Waals surface area contributed by atoms with Gasteiger partial charge in [0.15, 0.2) is 17.8 Å². The first-order chi connectivity index (χ1) is 21.6. The van der Waals surface area contributed by atoms with Crippen LogP contribution >= 0.6 is 0 Å². The Balaban J connectivity index is 1.68. The molecule has 5 rings (SSSR count). The number of hydrogen-bond acceptors (Lipinski definition) is 10. The molecule has 4 aromatic heterocycles. The largest absolute Gasteiger partial charge is 0.491 e. The van der Waals surface area contributed by atoms with Crippen LogP contribution in [0.5, 0.6) is 5.75 Å². The van der Waals surface area contributed by atoms with Gasteiger partial charge in [0.1, 0.15) is 35.1 Å². The molecule has 5 heterocycles. The van der Waals surface area contributed by atoms with Crippen LogP contribution in [0.4, 0.5) is 10.2 Å². The Hall–Kier alpha value is -3.46. The summed E-state index contributed by atoms with van der Waals surface area (Å²) < 4.78 is 41.6. The van der Waals surface area contributed by atoms with Crippen LogP contribution in [0.15, 0.2) is 18.5 Å². The van der Waals surface area contributed by atoms with E-state index in [1.807, 2.05) is 24.6 Å². The van der Waals surface area contributed by atoms with Gasteiger partial charge in [-0.3, -0.25) is 0 Å². The number of methoxy groups -OCH3 is 1. The molecule has 45 heavy (non-hydrogen) atoms. The molecule has 0 amide bonds. The van der Waals surface area contributed by atoms with Crippen LogP contribution in [0.3, 0.4) is 0 Å². The van der Waals surface area contributed by atoms with E-state index in [1.54, 1.807) is 11.8 Å². The molecule has 12 nitrogen and oxygen atoms in total. The van der Waals surface area contributed by atoms with Gasteiger partial charge < -0.3 is 24.7 Å². The number of ether oxygens (including phenoxy) is 4. The first-order valence-electron chi connectivity index (χ1n) is 15.6. The van der Waals surface area contributed by atoms with Gasteiger partial charge in [0.2, 0.25) is 0 Å². The Bertz CT molecular complexity index is 1580. The summed E-state index contributed by atoms with van der Waals surface area (Å²) in [5.41, 5.74) is 10.8. The van der Waals surface area contributed by atoms with Crippen LogP contribution in [-0.2, 0) is 20.9 Å². The normalized spacial score (nSPS) is 16.4. The summed E-state index contributed by atoms with van der Waals surface area (Å²) >= 11 is 0. The quantitative estimate of drug-likeness (QED) is 0.135. The summed E-state index contributed by atoms with van der Waals surface area (Å²) in [6.07, 6.45) is 5.68. The number of nitrogens with zero attached hydrogens (tertiary/aromatic N) is 7. The molecule has 2 atom stereocenters. The number of hydrogen-bond donors (Lipinski definition) is 1. The zero-order valence-corrected chi connectivity index (χ0v) is 28.2. The average molecular weight is 641 g/mol. The highest BCUT2D eigenvalue weighted by molar-refractivity contribution is 6.76. The van der Waals surface area contributed by atoms with Gasteiger partial charge in [-0.15, -0.1) is 0 Å². The van der Waals surface area contributed by atoms with E-state index in [-0.39, 0.29) is 18.8 Å². The maximum absolute atomic E-state index is 13.7. The third kappa shape index (κ3) is 7.68. The van der Waals surface area contributed by atoms with Crippen molar-refractivity contribution < 1.29 is 23.3 Å². The van der Waals surface area contributed by atoms with Crippen LogP contribution in [0, 0.1) is 12.7 Å². The molecule has 0 spiro atoms. The molecule has 2 N–H and O–H groups in total. The first kappa shape index (κ1) is 32.9. The van der Waals surface area contributed by atoms with E-state index in [9.17, 15) is 4.39 Å². The molecule has 0 saturated carbocycles. The van der Waals surface area contributed by atoms with Gasteiger partial charge in [-0.25, -0.2) is 28.7 Å². The van der Waals surface area contributed by atoms with Crippen molar-refractivity contribution in [3.05, 3.63) is 41.4 Å². The summed E-state index contributed by atoms with van der Waals surface area (Å²) in [7, 11) is 0.339. The lowest BCUT2D eigenvalue weighted by molar-refractivity contribution is -0.0385. The first-order valence-corrected chi connectivity index (χ1v) is 19.3. The number of halogens is 1. The molecule has 1 saturated heterocycles. The molecular formula is C31H45FN8O4Si. The van der Waals surface area contributed by atoms with Crippen LogP contribution in [0.25, 0.3) is 22.4 Å². The molecule has 244 valence electrons. The number of anilines is 1. The minimum absolute atomic E-state index is 0.189. The Morgan fingerprint density at radius 1 is 1.13 bits per heavy atom. The van der Waals surface area contributed by atoms with Crippen molar-refractivity contribution in [2.75, 3.05) is 39.3 Å². The lowest BCUT2D eigenvalue weighted by Crippen LogP contribution is -2.22. The van der Waals surface area contributed by atoms with E-state index in [1.165, 1.54) is 0 Å². The predicted molar refractivity (Wildman–Crippen MR) is 172 cm³/mol. The van der Waals surface area contributed by atoms with E-state index >= 15 is 0 Å². The van der Waals surface area contributed by atoms with E-state index in [0.717, 1.165) is 49.1 Å². The van der Waals surface area contributed by atoms with Crippen molar-refractivity contribution in [3.8, 4) is 17.1 Å². The van der Waals surface area contributed by atoms with E-state index in [4.69, 9.17) is 39.9 Å². The van der Waals surface area contributed by atoms with Crippen LogP contribution < -0.4 is 10.5 Å². The van der Waals surface area contributed by atoms with Gasteiger partial charge in [-0.05, 0) is 38.3 Å². The Morgan fingerprint density at radius 2 is 1.91 bits per heavy atom. The second-order valence-electron chi connectivity index (χ2n) is 12.7. The Morgan fingerprint density at radius 3 is 2.60 bits per heavy atom. The second kappa shape index (κ2) is 14.3. The van der Waals surface area contributed by atoms with Gasteiger partial charge >= 0.3 is 0 Å². The molecule has 0 bridgehead atoms. The van der Waals surface area contributed by atoms with Crippen LogP contribution in [-0.4, -0.2) is 76.1 Å². The summed E-state index contributed by atoms with van der Waals surface area (Å²) in [5, 5.41) is 9.88. The Kier molecular flexibility index (Phi) is 10.5. The highest BCUT2D eigenvalue weighted by Gasteiger charge is 2.31. The van der Waals surface area contributed by atoms with Gasteiger partial charge in [0, 0.05) is 52.9 Å². The Labute approximate surface area is 264 Å². The van der Waals surface area contributed by atoms with Crippen molar-refractivity contribution in [2.45, 2.75) is 84.1 Å². The molecule has 0 radical (unpaired) electrons. The van der Waals surface area contributed by atoms with Crippen LogP contribution in [0.1, 0.15) is 61.8 Å². The molecule has 1 aliphatic heterocycles. The molecule has 1 fully saturated rings. The lowest BCUT2D eigenvalue weighted by atomic mass is 9.98. The minimum atomic E-state index is -1.32. The molecular weight excluding hydrogens is 595 g/mol. The van der Waals surface area contributed by atoms with Crippen molar-refractivity contribution in [2.24, 2.45) is 0 Å². The smallest absolute Gasteiger partial charge is 0.159 e. The monoisotopic (exact) mass is 640 g/mol. The summed E-state index contributed by atoms with van der Waals surface area (Å²) in [4.78, 5) is 13.4. The molecule has 1 aliphatic rings. The fraction of sp³-hybridized carbons (Fsp3) is 0.581. The van der Waals surface area contributed by atoms with Crippen molar-refractivity contribution in [1.82, 2.24) is 34.5 Å². The third-order valence-electron chi connectivity index (χ3n) is 7.83. The number of rotatable bonds is 14. The van der Waals surface area contributed by atoms with Gasteiger partial charge in [0.05, 0.1) is 30.4 Å². The lowest BCUT2D eigenvalue weighted by Gasteiger charge is -2.24. The summed E-state index contributed by atoms with van der Waals surface area (Å²) in [6, 6.07) is 3.01. The maximum atomic E-state index is 13.7. The zero-order chi connectivity index (χ0) is 32.1. The van der Waals surface area contributed by atoms with Crippen molar-refractivity contribution >= 4 is 24.9 Å². The van der Waals surface area contributed by atoms with Crippen molar-refractivity contribution in [3.63, 3.8) is 0 Å². The number of pyridine rings is 1. The molecule has 14 heteroatoms. The minimum Gasteiger partial charge on any atom is -0.491 e. The van der Waals surface area contributed by atoms with E-state index in [0.29, 0.717) is 66.7 Å². The summed E-state index contributed by atoms with van der Waals surface area (Å²) in [6.45, 7) is 13.2. The standard InChI is InChI=1S/C31H45FN8O4Si/c1-20-16-23(40(37-20)24-10-7-8-12-43-24)26-27-28(39(38-26)19-42-14-15-45(4,5)6)29(44-13-9-11-41-3)25(30(33)36-27)21(2)31-34-17-22(32)18-35-31/h16-18,21,24H,7-15,19H2,1-6H3,(H2,33,36)/t21-,24?/m0/s1. The number of nitrogen functional groups attached to an aromatic ring is 1. The van der Waals surface area contributed by atoms with Crippen LogP contribution in [0.2, 0.25) is 25.7 Å². The number of aryl methyl sites for hydroxylation is 1.